The molecule has 0 aliphatic carbocycles. The molecule has 8 heteroatoms. The standard InChI is InChI=1S/C35H36FN5OS/c1-6-23(4)18-38-30-13-9-26(17-29(30)24(5)22(2)3)32-14-12-28(43-32)19-39-34-33-31(15-16-37-34)40-21-41(35(33)42)20-25-7-10-27(36)11-8-25/h7-18,21-23H,5-6,19-20H2,1-4H3,(H,37,39). The molecule has 220 valence electrons. The zero-order valence-electron chi connectivity index (χ0n) is 25.0. The number of thiophene rings is 1. The van der Waals surface area contributed by atoms with Crippen LogP contribution in [-0.2, 0) is 13.1 Å². The number of halogens is 1. The van der Waals surface area contributed by atoms with Gasteiger partial charge in [0.15, 0.2) is 0 Å². The van der Waals surface area contributed by atoms with Gasteiger partial charge in [-0.05, 0) is 77.4 Å². The number of aromatic nitrogens is 3. The second kappa shape index (κ2) is 13.3. The fourth-order valence-electron chi connectivity index (χ4n) is 4.61. The Kier molecular flexibility index (Phi) is 9.26. The fraction of sp³-hybridized carbons (Fsp3) is 0.257. The molecule has 1 unspecified atom stereocenters. The molecule has 0 aliphatic rings. The minimum atomic E-state index is -0.315. The van der Waals surface area contributed by atoms with Crippen LogP contribution in [0.1, 0.15) is 50.1 Å². The largest absolute Gasteiger partial charge is 0.364 e. The smallest absolute Gasteiger partial charge is 0.265 e. The number of fused-ring (bicyclic) bond motifs is 1. The summed E-state index contributed by atoms with van der Waals surface area (Å²) in [5, 5.41) is 3.78. The van der Waals surface area contributed by atoms with E-state index < -0.39 is 0 Å². The lowest BCUT2D eigenvalue weighted by Gasteiger charge is -2.14. The van der Waals surface area contributed by atoms with Crippen molar-refractivity contribution in [2.24, 2.45) is 16.8 Å². The van der Waals surface area contributed by atoms with Crippen LogP contribution in [0, 0.1) is 17.7 Å². The van der Waals surface area contributed by atoms with E-state index in [0.29, 0.717) is 35.1 Å². The van der Waals surface area contributed by atoms with Crippen molar-refractivity contribution in [2.75, 3.05) is 5.32 Å². The normalized spacial score (nSPS) is 12.3. The van der Waals surface area contributed by atoms with E-state index in [9.17, 15) is 9.18 Å². The maximum absolute atomic E-state index is 13.4. The number of aliphatic imine (C=N–C) groups is 1. The third kappa shape index (κ3) is 6.97. The Morgan fingerprint density at radius 2 is 1.88 bits per heavy atom. The number of nitrogens with one attached hydrogen (secondary N) is 1. The van der Waals surface area contributed by atoms with Gasteiger partial charge in [-0.1, -0.05) is 52.5 Å². The first-order valence-corrected chi connectivity index (χ1v) is 15.3. The molecule has 43 heavy (non-hydrogen) atoms. The molecular formula is C35H36FN5OS. The van der Waals surface area contributed by atoms with Crippen LogP contribution in [-0.4, -0.2) is 20.7 Å². The molecule has 1 atom stereocenters. The molecule has 0 saturated heterocycles. The first-order valence-electron chi connectivity index (χ1n) is 14.5. The summed E-state index contributed by atoms with van der Waals surface area (Å²) in [6.45, 7) is 13.8. The third-order valence-electron chi connectivity index (χ3n) is 7.53. The van der Waals surface area contributed by atoms with Gasteiger partial charge in [0.25, 0.3) is 5.56 Å². The maximum Gasteiger partial charge on any atom is 0.265 e. The molecule has 5 rings (SSSR count). The average molecular weight is 594 g/mol. The van der Waals surface area contributed by atoms with Gasteiger partial charge in [0.05, 0.1) is 30.6 Å². The average Bonchev–Trinajstić information content (AvgIpc) is 3.49. The Hall–Kier alpha value is -4.43. The summed E-state index contributed by atoms with van der Waals surface area (Å²) in [6.07, 6.45) is 6.24. The Morgan fingerprint density at radius 1 is 1.09 bits per heavy atom. The highest BCUT2D eigenvalue weighted by molar-refractivity contribution is 7.15. The SMILES string of the molecule is C=C(c1cc(-c2ccc(CNc3nccc4ncn(Cc5ccc(F)cc5)c(=O)c34)s2)ccc1N=CC(C)CC)C(C)C. The van der Waals surface area contributed by atoms with Crippen LogP contribution < -0.4 is 10.9 Å². The van der Waals surface area contributed by atoms with E-state index in [-0.39, 0.29) is 17.9 Å². The number of hydrogen-bond donors (Lipinski definition) is 1. The van der Waals surface area contributed by atoms with Gasteiger partial charge in [-0.25, -0.2) is 14.4 Å². The first-order chi connectivity index (χ1) is 20.7. The summed E-state index contributed by atoms with van der Waals surface area (Å²) >= 11 is 1.69. The van der Waals surface area contributed by atoms with Crippen molar-refractivity contribution >= 4 is 45.5 Å². The van der Waals surface area contributed by atoms with Crippen molar-refractivity contribution in [3.8, 4) is 10.4 Å². The van der Waals surface area contributed by atoms with E-state index in [4.69, 9.17) is 4.99 Å². The van der Waals surface area contributed by atoms with Crippen molar-refractivity contribution in [2.45, 2.75) is 47.2 Å². The molecule has 0 saturated carbocycles. The number of allylic oxidation sites excluding steroid dienone is 1. The minimum absolute atomic E-state index is 0.203. The number of pyridine rings is 1. The van der Waals surface area contributed by atoms with Gasteiger partial charge >= 0.3 is 0 Å². The summed E-state index contributed by atoms with van der Waals surface area (Å²) in [4.78, 5) is 29.4. The minimum Gasteiger partial charge on any atom is -0.364 e. The number of hydrogen-bond acceptors (Lipinski definition) is 6. The molecule has 0 radical (unpaired) electrons. The molecule has 0 spiro atoms. The van der Waals surface area contributed by atoms with E-state index in [2.05, 4.69) is 79.9 Å². The van der Waals surface area contributed by atoms with Crippen molar-refractivity contribution in [3.63, 3.8) is 0 Å². The highest BCUT2D eigenvalue weighted by Gasteiger charge is 2.14. The molecule has 3 heterocycles. The highest BCUT2D eigenvalue weighted by Crippen LogP contribution is 2.36. The molecule has 0 amide bonds. The Bertz CT molecular complexity index is 1840. The predicted molar refractivity (Wildman–Crippen MR) is 178 cm³/mol. The van der Waals surface area contributed by atoms with E-state index in [1.807, 2.05) is 6.21 Å². The maximum atomic E-state index is 13.4. The van der Waals surface area contributed by atoms with Gasteiger partial charge < -0.3 is 5.32 Å². The van der Waals surface area contributed by atoms with Gasteiger partial charge in [-0.15, -0.1) is 11.3 Å². The number of rotatable bonds is 11. The molecule has 0 fully saturated rings. The van der Waals surface area contributed by atoms with Crippen LogP contribution in [0.4, 0.5) is 15.9 Å². The summed E-state index contributed by atoms with van der Waals surface area (Å²) < 4.78 is 14.9. The highest BCUT2D eigenvalue weighted by atomic mass is 32.1. The quantitative estimate of drug-likeness (QED) is 0.155. The van der Waals surface area contributed by atoms with Crippen LogP contribution in [0.15, 0.2) is 89.6 Å². The zero-order valence-corrected chi connectivity index (χ0v) is 25.8. The molecule has 2 aromatic carbocycles. The molecule has 3 aromatic heterocycles. The molecule has 5 aromatic rings. The van der Waals surface area contributed by atoms with Crippen molar-refractivity contribution in [1.82, 2.24) is 14.5 Å². The van der Waals surface area contributed by atoms with Gasteiger partial charge in [0, 0.05) is 27.7 Å². The van der Waals surface area contributed by atoms with Crippen LogP contribution in [0.25, 0.3) is 26.9 Å². The van der Waals surface area contributed by atoms with E-state index in [0.717, 1.165) is 44.1 Å². The van der Waals surface area contributed by atoms with Crippen molar-refractivity contribution < 1.29 is 4.39 Å². The molecule has 0 aliphatic heterocycles. The van der Waals surface area contributed by atoms with Gasteiger partial charge in [0.2, 0.25) is 0 Å². The fourth-order valence-corrected chi connectivity index (χ4v) is 5.56. The van der Waals surface area contributed by atoms with Crippen LogP contribution in [0.5, 0.6) is 0 Å². The van der Waals surface area contributed by atoms with Crippen molar-refractivity contribution in [3.05, 3.63) is 112 Å². The third-order valence-corrected chi connectivity index (χ3v) is 8.67. The zero-order chi connectivity index (χ0) is 30.5. The first kappa shape index (κ1) is 30.0. The summed E-state index contributed by atoms with van der Waals surface area (Å²) in [6, 6.07) is 18.4. The molecule has 0 bridgehead atoms. The van der Waals surface area contributed by atoms with E-state index in [1.165, 1.54) is 23.0 Å². The van der Waals surface area contributed by atoms with E-state index >= 15 is 0 Å². The van der Waals surface area contributed by atoms with Gasteiger partial charge in [-0.2, -0.15) is 0 Å². The Morgan fingerprint density at radius 3 is 2.63 bits per heavy atom. The summed E-state index contributed by atoms with van der Waals surface area (Å²) in [5.74, 6) is 0.887. The Balaban J connectivity index is 1.38. The number of nitrogens with zero attached hydrogens (tertiary/aromatic N) is 4. The van der Waals surface area contributed by atoms with Crippen molar-refractivity contribution in [1.29, 1.82) is 0 Å². The van der Waals surface area contributed by atoms with Crippen LogP contribution in [0.3, 0.4) is 0 Å². The monoisotopic (exact) mass is 593 g/mol. The van der Waals surface area contributed by atoms with Crippen LogP contribution in [0.2, 0.25) is 0 Å². The lowest BCUT2D eigenvalue weighted by molar-refractivity contribution is 0.626. The second-order valence-electron chi connectivity index (χ2n) is 11.1. The van der Waals surface area contributed by atoms with Crippen LogP contribution >= 0.6 is 11.3 Å². The summed E-state index contributed by atoms with van der Waals surface area (Å²) in [7, 11) is 0. The molecular weight excluding hydrogens is 557 g/mol. The molecule has 1 N–H and O–H groups in total. The summed E-state index contributed by atoms with van der Waals surface area (Å²) in [5.41, 5.74) is 5.38. The number of anilines is 1. The molecule has 6 nitrogen and oxygen atoms in total. The lowest BCUT2D eigenvalue weighted by atomic mass is 9.94. The Labute approximate surface area is 255 Å². The van der Waals surface area contributed by atoms with Gasteiger partial charge in [-0.3, -0.25) is 14.4 Å². The topological polar surface area (TPSA) is 72.2 Å². The lowest BCUT2D eigenvalue weighted by Crippen LogP contribution is -2.22. The van der Waals surface area contributed by atoms with Gasteiger partial charge in [0.1, 0.15) is 17.0 Å². The van der Waals surface area contributed by atoms with E-state index in [1.54, 1.807) is 35.7 Å². The second-order valence-corrected chi connectivity index (χ2v) is 12.2. The number of benzene rings is 2. The predicted octanol–water partition coefficient (Wildman–Crippen LogP) is 8.74.